The molecule has 0 unspecified atom stereocenters. The summed E-state index contributed by atoms with van der Waals surface area (Å²) >= 11 is 5.78. The summed E-state index contributed by atoms with van der Waals surface area (Å²) in [5.41, 5.74) is -0.250. The molecule has 0 radical (unpaired) electrons. The number of aromatic nitrogens is 1. The maximum atomic E-state index is 13.3. The molecule has 0 saturated heterocycles. The maximum Gasteiger partial charge on any atom is 0.341 e. The van der Waals surface area contributed by atoms with Gasteiger partial charge < -0.3 is 5.11 Å². The molecular formula is C10H5ClFNO2. The Morgan fingerprint density at radius 2 is 2.07 bits per heavy atom. The van der Waals surface area contributed by atoms with Crippen LogP contribution in [-0.2, 0) is 0 Å². The predicted octanol–water partition coefficient (Wildman–Crippen LogP) is 2.73. The van der Waals surface area contributed by atoms with Crippen molar-refractivity contribution >= 4 is 28.5 Å². The van der Waals surface area contributed by atoms with Gasteiger partial charge in [-0.25, -0.2) is 9.78 Å². The standard InChI is InChI=1S/C10H5ClFNO2/c11-8-5-3-1-2-4-6(5)13-9(12)7(8)10(14)15/h1-4H,(H,14,15). The Hall–Kier alpha value is -1.68. The number of aromatic carboxylic acids is 1. The maximum absolute atomic E-state index is 13.3. The first-order chi connectivity index (χ1) is 7.11. The fraction of sp³-hybridized carbons (Fsp3) is 0. The number of para-hydroxylation sites is 1. The molecule has 15 heavy (non-hydrogen) atoms. The second-order valence-corrected chi connectivity index (χ2v) is 3.29. The van der Waals surface area contributed by atoms with Gasteiger partial charge in [0.1, 0.15) is 5.56 Å². The van der Waals surface area contributed by atoms with Crippen molar-refractivity contribution in [3.05, 3.63) is 40.8 Å². The van der Waals surface area contributed by atoms with Gasteiger partial charge in [0.25, 0.3) is 0 Å². The van der Waals surface area contributed by atoms with E-state index in [1.807, 2.05) is 0 Å². The lowest BCUT2D eigenvalue weighted by molar-refractivity contribution is 0.0691. The van der Waals surface area contributed by atoms with Crippen LogP contribution in [0.3, 0.4) is 0 Å². The van der Waals surface area contributed by atoms with Crippen LogP contribution in [0.25, 0.3) is 10.9 Å². The minimum absolute atomic E-state index is 0.120. The van der Waals surface area contributed by atoms with Crippen LogP contribution in [-0.4, -0.2) is 16.1 Å². The number of carboxylic acid groups (broad SMARTS) is 1. The molecule has 0 amide bonds. The van der Waals surface area contributed by atoms with Crippen molar-refractivity contribution in [2.24, 2.45) is 0 Å². The lowest BCUT2D eigenvalue weighted by atomic mass is 10.1. The van der Waals surface area contributed by atoms with E-state index in [1.165, 1.54) is 0 Å². The molecule has 5 heteroatoms. The van der Waals surface area contributed by atoms with E-state index in [1.54, 1.807) is 24.3 Å². The number of hydrogen-bond donors (Lipinski definition) is 1. The highest BCUT2D eigenvalue weighted by Crippen LogP contribution is 2.27. The summed E-state index contributed by atoms with van der Waals surface area (Å²) in [6.45, 7) is 0. The van der Waals surface area contributed by atoms with Crippen molar-refractivity contribution in [3.8, 4) is 0 Å². The van der Waals surface area contributed by atoms with Gasteiger partial charge in [-0.15, -0.1) is 0 Å². The van der Waals surface area contributed by atoms with E-state index in [9.17, 15) is 9.18 Å². The quantitative estimate of drug-likeness (QED) is 0.760. The first-order valence-corrected chi connectivity index (χ1v) is 4.46. The summed E-state index contributed by atoms with van der Waals surface area (Å²) in [6, 6.07) is 6.51. The van der Waals surface area contributed by atoms with Crippen LogP contribution in [0.2, 0.25) is 5.02 Å². The highest BCUT2D eigenvalue weighted by Gasteiger charge is 2.19. The molecule has 2 aromatic rings. The highest BCUT2D eigenvalue weighted by atomic mass is 35.5. The molecule has 1 aromatic carbocycles. The summed E-state index contributed by atoms with van der Waals surface area (Å²) in [7, 11) is 0. The van der Waals surface area contributed by atoms with E-state index in [-0.39, 0.29) is 5.02 Å². The molecule has 1 aromatic heterocycles. The van der Waals surface area contributed by atoms with Crippen molar-refractivity contribution in [1.29, 1.82) is 0 Å². The van der Waals surface area contributed by atoms with E-state index < -0.39 is 17.5 Å². The Morgan fingerprint density at radius 1 is 1.40 bits per heavy atom. The molecule has 2 rings (SSSR count). The summed E-state index contributed by atoms with van der Waals surface area (Å²) in [5.74, 6) is -2.48. The predicted molar refractivity (Wildman–Crippen MR) is 53.7 cm³/mol. The number of nitrogens with zero attached hydrogens (tertiary/aromatic N) is 1. The average molecular weight is 226 g/mol. The van der Waals surface area contributed by atoms with Crippen molar-refractivity contribution in [2.75, 3.05) is 0 Å². The number of carboxylic acids is 1. The third-order valence-electron chi connectivity index (χ3n) is 2.00. The smallest absolute Gasteiger partial charge is 0.341 e. The Labute approximate surface area is 89.1 Å². The summed E-state index contributed by atoms with van der Waals surface area (Å²) in [4.78, 5) is 14.2. The zero-order valence-electron chi connectivity index (χ0n) is 7.37. The molecule has 0 aliphatic rings. The third-order valence-corrected chi connectivity index (χ3v) is 2.39. The molecule has 3 nitrogen and oxygen atoms in total. The Morgan fingerprint density at radius 3 is 2.73 bits per heavy atom. The number of rotatable bonds is 1. The second-order valence-electron chi connectivity index (χ2n) is 2.91. The van der Waals surface area contributed by atoms with Crippen molar-refractivity contribution in [1.82, 2.24) is 4.98 Å². The molecule has 0 fully saturated rings. The van der Waals surface area contributed by atoms with Gasteiger partial charge in [0, 0.05) is 5.39 Å². The topological polar surface area (TPSA) is 50.2 Å². The molecule has 0 spiro atoms. The van der Waals surface area contributed by atoms with Gasteiger partial charge >= 0.3 is 5.97 Å². The number of halogens is 2. The van der Waals surface area contributed by atoms with E-state index in [2.05, 4.69) is 4.98 Å². The number of pyridine rings is 1. The first kappa shape index (κ1) is 9.86. The molecule has 0 bridgehead atoms. The number of hydrogen-bond acceptors (Lipinski definition) is 2. The van der Waals surface area contributed by atoms with Crippen LogP contribution in [0.1, 0.15) is 10.4 Å². The molecule has 0 atom stereocenters. The van der Waals surface area contributed by atoms with Crippen molar-refractivity contribution in [2.45, 2.75) is 0 Å². The minimum Gasteiger partial charge on any atom is -0.477 e. The lowest BCUT2D eigenvalue weighted by Crippen LogP contribution is -2.04. The Kier molecular flexibility index (Phi) is 2.28. The van der Waals surface area contributed by atoms with Crippen LogP contribution >= 0.6 is 11.6 Å². The lowest BCUT2D eigenvalue weighted by Gasteiger charge is -2.04. The van der Waals surface area contributed by atoms with Crippen molar-refractivity contribution in [3.63, 3.8) is 0 Å². The zero-order valence-corrected chi connectivity index (χ0v) is 8.12. The monoisotopic (exact) mass is 225 g/mol. The molecule has 0 aliphatic heterocycles. The summed E-state index contributed by atoms with van der Waals surface area (Å²) in [6.07, 6.45) is 0. The van der Waals surface area contributed by atoms with Crippen LogP contribution < -0.4 is 0 Å². The first-order valence-electron chi connectivity index (χ1n) is 4.08. The van der Waals surface area contributed by atoms with E-state index in [0.717, 1.165) is 0 Å². The number of benzene rings is 1. The van der Waals surface area contributed by atoms with Crippen molar-refractivity contribution < 1.29 is 14.3 Å². The van der Waals surface area contributed by atoms with Crippen LogP contribution in [0.15, 0.2) is 24.3 Å². The van der Waals surface area contributed by atoms with E-state index in [0.29, 0.717) is 10.9 Å². The van der Waals surface area contributed by atoms with Gasteiger partial charge in [-0.05, 0) is 6.07 Å². The second kappa shape index (κ2) is 3.47. The molecule has 0 saturated carbocycles. The Balaban J connectivity index is 2.90. The molecular weight excluding hydrogens is 221 g/mol. The number of fused-ring (bicyclic) bond motifs is 1. The molecule has 0 aliphatic carbocycles. The normalized spacial score (nSPS) is 10.5. The van der Waals surface area contributed by atoms with Crippen LogP contribution in [0.4, 0.5) is 4.39 Å². The molecule has 76 valence electrons. The van der Waals surface area contributed by atoms with Gasteiger partial charge in [-0.3, -0.25) is 0 Å². The van der Waals surface area contributed by atoms with Gasteiger partial charge in [-0.2, -0.15) is 4.39 Å². The third kappa shape index (κ3) is 1.53. The fourth-order valence-corrected chi connectivity index (χ4v) is 1.64. The van der Waals surface area contributed by atoms with E-state index >= 15 is 0 Å². The SMILES string of the molecule is O=C(O)c1c(F)nc2ccccc2c1Cl. The van der Waals surface area contributed by atoms with Gasteiger partial charge in [0.15, 0.2) is 0 Å². The number of carbonyl (C=O) groups is 1. The van der Waals surface area contributed by atoms with Gasteiger partial charge in [0.05, 0.1) is 10.5 Å². The minimum atomic E-state index is -1.42. The zero-order chi connectivity index (χ0) is 11.0. The molecule has 1 heterocycles. The summed E-state index contributed by atoms with van der Waals surface area (Å²) in [5, 5.41) is 9.05. The molecule has 1 N–H and O–H groups in total. The fourth-order valence-electron chi connectivity index (χ4n) is 1.33. The van der Waals surface area contributed by atoms with Crippen LogP contribution in [0.5, 0.6) is 0 Å². The van der Waals surface area contributed by atoms with Gasteiger partial charge in [0.2, 0.25) is 5.95 Å². The van der Waals surface area contributed by atoms with Crippen LogP contribution in [0, 0.1) is 5.95 Å². The summed E-state index contributed by atoms with van der Waals surface area (Å²) < 4.78 is 13.3. The van der Waals surface area contributed by atoms with Gasteiger partial charge in [-0.1, -0.05) is 29.8 Å². The average Bonchev–Trinajstić information content (AvgIpc) is 2.17. The highest BCUT2D eigenvalue weighted by molar-refractivity contribution is 6.38. The van der Waals surface area contributed by atoms with E-state index in [4.69, 9.17) is 16.7 Å². The largest absolute Gasteiger partial charge is 0.477 e. The Bertz CT molecular complexity index is 556.